The molecule has 0 saturated heterocycles. The zero-order valence-corrected chi connectivity index (χ0v) is 12.5. The van der Waals surface area contributed by atoms with Crippen LogP contribution in [0.25, 0.3) is 0 Å². The third-order valence-corrected chi connectivity index (χ3v) is 4.64. The summed E-state index contributed by atoms with van der Waals surface area (Å²) in [5.74, 6) is -1.01. The fourth-order valence-electron chi connectivity index (χ4n) is 2.55. The summed E-state index contributed by atoms with van der Waals surface area (Å²) in [5.41, 5.74) is 0.572. The van der Waals surface area contributed by atoms with Gasteiger partial charge in [-0.2, -0.15) is 0 Å². The average molecular weight is 296 g/mol. The summed E-state index contributed by atoms with van der Waals surface area (Å²) in [6, 6.07) is 0.279. The number of carboxylic acid groups (broad SMARTS) is 1. The number of carboxylic acids is 1. The molecule has 1 heterocycles. The van der Waals surface area contributed by atoms with Gasteiger partial charge in [0.05, 0.1) is 12.1 Å². The second-order valence-corrected chi connectivity index (χ2v) is 6.20. The van der Waals surface area contributed by atoms with E-state index in [2.05, 4.69) is 10.3 Å². The van der Waals surface area contributed by atoms with Crippen molar-refractivity contribution in [2.45, 2.75) is 57.9 Å². The molecular formula is C14H20N2O3S. The number of hydrogen-bond acceptors (Lipinski definition) is 4. The van der Waals surface area contributed by atoms with Crippen LogP contribution in [0, 0.1) is 0 Å². The lowest BCUT2D eigenvalue weighted by atomic mass is 9.95. The van der Waals surface area contributed by atoms with Gasteiger partial charge in [0.2, 0.25) is 5.91 Å². The first-order chi connectivity index (χ1) is 9.60. The Labute approximate surface area is 122 Å². The number of carbonyl (C=O) groups is 2. The number of aromatic carboxylic acids is 1. The van der Waals surface area contributed by atoms with Crippen LogP contribution in [0.3, 0.4) is 0 Å². The minimum atomic E-state index is -0.960. The molecule has 20 heavy (non-hydrogen) atoms. The first-order valence-electron chi connectivity index (χ1n) is 7.11. The molecule has 2 N–H and O–H groups in total. The van der Waals surface area contributed by atoms with Crippen molar-refractivity contribution < 1.29 is 14.7 Å². The number of aromatic nitrogens is 1. The second-order valence-electron chi connectivity index (χ2n) is 5.12. The Hall–Kier alpha value is -1.43. The van der Waals surface area contributed by atoms with Gasteiger partial charge in [-0.3, -0.25) is 4.79 Å². The molecule has 0 spiro atoms. The van der Waals surface area contributed by atoms with Gasteiger partial charge >= 0.3 is 5.97 Å². The monoisotopic (exact) mass is 296 g/mol. The van der Waals surface area contributed by atoms with Gasteiger partial charge in [-0.15, -0.1) is 11.3 Å². The zero-order chi connectivity index (χ0) is 14.5. The van der Waals surface area contributed by atoms with Gasteiger partial charge in [-0.05, 0) is 19.3 Å². The maximum atomic E-state index is 12.0. The van der Waals surface area contributed by atoms with Gasteiger partial charge in [0.25, 0.3) is 0 Å². The van der Waals surface area contributed by atoms with E-state index in [1.54, 1.807) is 0 Å². The van der Waals surface area contributed by atoms with E-state index < -0.39 is 5.97 Å². The molecule has 5 nitrogen and oxygen atoms in total. The molecule has 0 bridgehead atoms. The number of nitrogens with one attached hydrogen (secondary N) is 1. The quantitative estimate of drug-likeness (QED) is 0.874. The molecule has 1 aliphatic rings. The molecule has 6 heteroatoms. The van der Waals surface area contributed by atoms with E-state index in [9.17, 15) is 9.59 Å². The molecule has 2 rings (SSSR count). The molecular weight excluding hydrogens is 276 g/mol. The van der Waals surface area contributed by atoms with E-state index in [-0.39, 0.29) is 23.2 Å². The molecule has 1 fully saturated rings. The van der Waals surface area contributed by atoms with Crippen molar-refractivity contribution in [1.29, 1.82) is 0 Å². The highest BCUT2D eigenvalue weighted by Gasteiger charge is 2.19. The van der Waals surface area contributed by atoms with Crippen molar-refractivity contribution in [2.24, 2.45) is 0 Å². The van der Waals surface area contributed by atoms with Gasteiger partial charge in [0.1, 0.15) is 9.88 Å². The normalized spacial score (nSPS) is 16.1. The largest absolute Gasteiger partial charge is 0.477 e. The molecule has 1 aliphatic carbocycles. The minimum absolute atomic E-state index is 0.0507. The number of hydrogen-bond donors (Lipinski definition) is 2. The van der Waals surface area contributed by atoms with Gasteiger partial charge in [0, 0.05) is 6.04 Å². The number of amides is 1. The molecule has 0 radical (unpaired) electrons. The lowest BCUT2D eigenvalue weighted by molar-refractivity contribution is -0.121. The maximum absolute atomic E-state index is 12.0. The fourth-order valence-corrected chi connectivity index (χ4v) is 3.54. The Bertz CT molecular complexity index is 493. The van der Waals surface area contributed by atoms with Crippen LogP contribution in [0.5, 0.6) is 0 Å². The topological polar surface area (TPSA) is 79.3 Å². The highest BCUT2D eigenvalue weighted by atomic mass is 32.1. The molecule has 1 amide bonds. The van der Waals surface area contributed by atoms with E-state index >= 15 is 0 Å². The van der Waals surface area contributed by atoms with Crippen molar-refractivity contribution >= 4 is 23.2 Å². The highest BCUT2D eigenvalue weighted by molar-refractivity contribution is 7.13. The number of nitrogens with zero attached hydrogens (tertiary/aromatic N) is 1. The summed E-state index contributed by atoms with van der Waals surface area (Å²) < 4.78 is 0. The Morgan fingerprint density at radius 1 is 1.35 bits per heavy atom. The summed E-state index contributed by atoms with van der Waals surface area (Å²) in [4.78, 5) is 27.6. The van der Waals surface area contributed by atoms with Crippen molar-refractivity contribution in [3.8, 4) is 0 Å². The van der Waals surface area contributed by atoms with Gasteiger partial charge in [-0.1, -0.05) is 26.2 Å². The van der Waals surface area contributed by atoms with Crippen molar-refractivity contribution in [1.82, 2.24) is 10.3 Å². The van der Waals surface area contributed by atoms with Crippen LogP contribution < -0.4 is 5.32 Å². The molecule has 110 valence electrons. The fraction of sp³-hybridized carbons (Fsp3) is 0.643. The maximum Gasteiger partial charge on any atom is 0.347 e. The van der Waals surface area contributed by atoms with Crippen LogP contribution in [-0.2, 0) is 17.6 Å². The summed E-state index contributed by atoms with van der Waals surface area (Å²) in [5, 5.41) is 12.7. The highest BCUT2D eigenvalue weighted by Crippen LogP contribution is 2.21. The molecule has 0 aromatic carbocycles. The Kier molecular flexibility index (Phi) is 5.11. The van der Waals surface area contributed by atoms with Crippen LogP contribution in [0.15, 0.2) is 0 Å². The van der Waals surface area contributed by atoms with E-state index in [4.69, 9.17) is 5.11 Å². The molecule has 0 aliphatic heterocycles. The van der Waals surface area contributed by atoms with Crippen LogP contribution in [0.1, 0.15) is 59.4 Å². The molecule has 1 saturated carbocycles. The number of rotatable bonds is 5. The van der Waals surface area contributed by atoms with Crippen LogP contribution >= 0.6 is 11.3 Å². The minimum Gasteiger partial charge on any atom is -0.477 e. The van der Waals surface area contributed by atoms with E-state index in [0.29, 0.717) is 17.1 Å². The second kappa shape index (κ2) is 6.83. The Morgan fingerprint density at radius 2 is 2.05 bits per heavy atom. The first kappa shape index (κ1) is 15.0. The third-order valence-electron chi connectivity index (χ3n) is 3.55. The van der Waals surface area contributed by atoms with Crippen molar-refractivity contribution in [3.05, 3.63) is 15.6 Å². The zero-order valence-electron chi connectivity index (χ0n) is 11.6. The van der Waals surface area contributed by atoms with Gasteiger partial charge in [0.15, 0.2) is 0 Å². The molecule has 1 aromatic heterocycles. The van der Waals surface area contributed by atoms with Gasteiger partial charge in [-0.25, -0.2) is 9.78 Å². The van der Waals surface area contributed by atoms with Crippen LogP contribution in [0.2, 0.25) is 0 Å². The summed E-state index contributed by atoms with van der Waals surface area (Å²) >= 11 is 1.11. The first-order valence-corrected chi connectivity index (χ1v) is 7.93. The third kappa shape index (κ3) is 3.79. The van der Waals surface area contributed by atoms with E-state index in [1.165, 1.54) is 19.3 Å². The molecule has 0 atom stereocenters. The lowest BCUT2D eigenvalue weighted by Crippen LogP contribution is -2.37. The number of thiazole rings is 1. The van der Waals surface area contributed by atoms with Crippen LogP contribution in [0.4, 0.5) is 0 Å². The van der Waals surface area contributed by atoms with Crippen LogP contribution in [-0.4, -0.2) is 28.0 Å². The van der Waals surface area contributed by atoms with Gasteiger partial charge < -0.3 is 10.4 Å². The number of aryl methyl sites for hydroxylation is 1. The standard InChI is InChI=1S/C14H20N2O3S/c1-2-10-13(14(18)19)20-12(16-10)8-11(17)15-9-6-4-3-5-7-9/h9H,2-8H2,1H3,(H,15,17)(H,18,19). The van der Waals surface area contributed by atoms with E-state index in [1.807, 2.05) is 6.92 Å². The predicted octanol–water partition coefficient (Wildman–Crippen LogP) is 2.40. The molecule has 1 aromatic rings. The van der Waals surface area contributed by atoms with Crippen molar-refractivity contribution in [3.63, 3.8) is 0 Å². The Balaban J connectivity index is 1.95. The SMILES string of the molecule is CCc1nc(CC(=O)NC2CCCCC2)sc1C(=O)O. The Morgan fingerprint density at radius 3 is 2.60 bits per heavy atom. The summed E-state index contributed by atoms with van der Waals surface area (Å²) in [6.07, 6.45) is 6.44. The predicted molar refractivity (Wildman–Crippen MR) is 77.2 cm³/mol. The lowest BCUT2D eigenvalue weighted by Gasteiger charge is -2.22. The average Bonchev–Trinajstić information content (AvgIpc) is 2.83. The van der Waals surface area contributed by atoms with Crippen molar-refractivity contribution in [2.75, 3.05) is 0 Å². The van der Waals surface area contributed by atoms with E-state index in [0.717, 1.165) is 24.2 Å². The summed E-state index contributed by atoms with van der Waals surface area (Å²) in [6.45, 7) is 1.87. The number of carbonyl (C=O) groups excluding carboxylic acids is 1. The molecule has 0 unspecified atom stereocenters. The smallest absolute Gasteiger partial charge is 0.347 e. The summed E-state index contributed by atoms with van der Waals surface area (Å²) in [7, 11) is 0.